The van der Waals surface area contributed by atoms with Gasteiger partial charge in [-0.2, -0.15) is 0 Å². The van der Waals surface area contributed by atoms with Crippen LogP contribution in [-0.2, 0) is 6.42 Å². The number of hydrogen-bond acceptors (Lipinski definition) is 5. The van der Waals surface area contributed by atoms with E-state index in [2.05, 4.69) is 25.3 Å². The molecule has 4 aromatic rings. The van der Waals surface area contributed by atoms with Crippen molar-refractivity contribution in [3.63, 3.8) is 0 Å². The molecule has 1 saturated heterocycles. The molecule has 1 aliphatic rings. The molecule has 0 spiro atoms. The van der Waals surface area contributed by atoms with Crippen molar-refractivity contribution in [1.82, 2.24) is 15.5 Å². The molecule has 6 nitrogen and oxygen atoms in total. The highest BCUT2D eigenvalue weighted by Crippen LogP contribution is 2.27. The second kappa shape index (κ2) is 9.87. The van der Waals surface area contributed by atoms with Gasteiger partial charge in [0, 0.05) is 49.2 Å². The van der Waals surface area contributed by atoms with Crippen LogP contribution in [0.4, 0.5) is 15.9 Å². The first-order valence-electron chi connectivity index (χ1n) is 11.5. The summed E-state index contributed by atoms with van der Waals surface area (Å²) in [6.45, 7) is 3.65. The minimum absolute atomic E-state index is 0.215. The number of fused-ring (bicyclic) bond motifs is 1. The number of benzene rings is 3. The molecule has 7 heteroatoms. The fraction of sp³-hybridized carbons (Fsp3) is 0.222. The molecule has 0 bridgehead atoms. The van der Waals surface area contributed by atoms with Gasteiger partial charge < -0.3 is 15.1 Å². The van der Waals surface area contributed by atoms with Crippen LogP contribution < -0.4 is 15.1 Å². The number of amides is 1. The predicted molar refractivity (Wildman–Crippen MR) is 133 cm³/mol. The lowest BCUT2D eigenvalue weighted by Crippen LogP contribution is -2.47. The number of carbonyl (C=O) groups is 1. The Kier molecular flexibility index (Phi) is 6.33. The zero-order chi connectivity index (χ0) is 23.3. The second-order valence-corrected chi connectivity index (χ2v) is 8.36. The first kappa shape index (κ1) is 21.8. The summed E-state index contributed by atoms with van der Waals surface area (Å²) in [6.07, 6.45) is 0.758. The van der Waals surface area contributed by atoms with Crippen LogP contribution in [0.15, 0.2) is 78.9 Å². The molecule has 0 aliphatic carbocycles. The van der Waals surface area contributed by atoms with E-state index in [1.165, 1.54) is 17.7 Å². The third kappa shape index (κ3) is 4.69. The van der Waals surface area contributed by atoms with Gasteiger partial charge in [0.2, 0.25) is 0 Å². The van der Waals surface area contributed by atoms with Crippen LogP contribution in [0.2, 0.25) is 0 Å². The first-order chi connectivity index (χ1) is 16.7. The lowest BCUT2D eigenvalue weighted by Gasteiger charge is -2.37. The van der Waals surface area contributed by atoms with Crippen LogP contribution in [0, 0.1) is 5.82 Å². The van der Waals surface area contributed by atoms with Crippen molar-refractivity contribution in [1.29, 1.82) is 0 Å². The highest BCUT2D eigenvalue weighted by atomic mass is 19.1. The zero-order valence-electron chi connectivity index (χ0n) is 18.8. The Hall–Kier alpha value is -4.00. The van der Waals surface area contributed by atoms with E-state index < -0.39 is 0 Å². The maximum Gasteiger partial charge on any atom is 0.272 e. The van der Waals surface area contributed by atoms with E-state index in [1.54, 1.807) is 0 Å². The fourth-order valence-corrected chi connectivity index (χ4v) is 4.37. The Morgan fingerprint density at radius 2 is 1.44 bits per heavy atom. The number of anilines is 2. The molecule has 0 radical (unpaired) electrons. The van der Waals surface area contributed by atoms with Gasteiger partial charge in [-0.15, -0.1) is 10.2 Å². The number of carbonyl (C=O) groups excluding carboxylic acids is 1. The SMILES string of the molecule is O=C(NCCc1ccccc1)c1nnc(N2CCN(c3ccc(F)cc3)CC2)c2ccccc12. The Morgan fingerprint density at radius 1 is 0.794 bits per heavy atom. The summed E-state index contributed by atoms with van der Waals surface area (Å²) in [5.41, 5.74) is 2.53. The summed E-state index contributed by atoms with van der Waals surface area (Å²) in [4.78, 5) is 17.3. The summed E-state index contributed by atoms with van der Waals surface area (Å²) in [5, 5.41) is 13.5. The number of halogens is 1. The molecule has 0 atom stereocenters. The summed E-state index contributed by atoms with van der Waals surface area (Å²) in [5.74, 6) is 0.343. The molecular weight excluding hydrogens is 429 g/mol. The highest BCUT2D eigenvalue weighted by Gasteiger charge is 2.22. The van der Waals surface area contributed by atoms with E-state index in [0.29, 0.717) is 12.2 Å². The molecule has 1 amide bonds. The van der Waals surface area contributed by atoms with Crippen molar-refractivity contribution >= 4 is 28.2 Å². The molecule has 0 unspecified atom stereocenters. The van der Waals surface area contributed by atoms with Gasteiger partial charge in [-0.3, -0.25) is 4.79 Å². The van der Waals surface area contributed by atoms with Gasteiger partial charge in [-0.25, -0.2) is 4.39 Å². The Morgan fingerprint density at radius 3 is 2.18 bits per heavy atom. The van der Waals surface area contributed by atoms with E-state index in [9.17, 15) is 9.18 Å². The Balaban J connectivity index is 1.29. The van der Waals surface area contributed by atoms with Crippen LogP contribution in [0.5, 0.6) is 0 Å². The number of nitrogens with one attached hydrogen (secondary N) is 1. The average Bonchev–Trinajstić information content (AvgIpc) is 2.89. The van der Waals surface area contributed by atoms with Crippen molar-refractivity contribution in [2.45, 2.75) is 6.42 Å². The summed E-state index contributed by atoms with van der Waals surface area (Å²) < 4.78 is 13.3. The van der Waals surface area contributed by atoms with Gasteiger partial charge in [-0.05, 0) is 36.2 Å². The van der Waals surface area contributed by atoms with Crippen molar-refractivity contribution in [2.24, 2.45) is 0 Å². The molecule has 2 heterocycles. The van der Waals surface area contributed by atoms with Crippen LogP contribution in [-0.4, -0.2) is 48.8 Å². The zero-order valence-corrected chi connectivity index (χ0v) is 18.8. The molecule has 172 valence electrons. The summed E-state index contributed by atoms with van der Waals surface area (Å²) >= 11 is 0. The molecule has 1 N–H and O–H groups in total. The van der Waals surface area contributed by atoms with Crippen LogP contribution in [0.25, 0.3) is 10.8 Å². The maximum atomic E-state index is 13.3. The third-order valence-corrected chi connectivity index (χ3v) is 6.20. The Labute approximate surface area is 198 Å². The van der Waals surface area contributed by atoms with E-state index in [0.717, 1.165) is 54.9 Å². The number of rotatable bonds is 6. The Bertz CT molecular complexity index is 1270. The lowest BCUT2D eigenvalue weighted by molar-refractivity contribution is 0.0950. The molecule has 3 aromatic carbocycles. The number of hydrogen-bond donors (Lipinski definition) is 1. The molecular formula is C27H26FN5O. The van der Waals surface area contributed by atoms with Crippen molar-refractivity contribution < 1.29 is 9.18 Å². The van der Waals surface area contributed by atoms with E-state index in [1.807, 2.05) is 66.7 Å². The molecule has 1 aliphatic heterocycles. The molecule has 34 heavy (non-hydrogen) atoms. The van der Waals surface area contributed by atoms with Crippen LogP contribution in [0.3, 0.4) is 0 Å². The summed E-state index contributed by atoms with van der Waals surface area (Å²) in [7, 11) is 0. The van der Waals surface area contributed by atoms with E-state index in [4.69, 9.17) is 0 Å². The van der Waals surface area contributed by atoms with Crippen LogP contribution in [0.1, 0.15) is 16.1 Å². The number of aromatic nitrogens is 2. The monoisotopic (exact) mass is 455 g/mol. The molecule has 1 aromatic heterocycles. The van der Waals surface area contributed by atoms with Crippen molar-refractivity contribution in [2.75, 3.05) is 42.5 Å². The molecule has 0 saturated carbocycles. The molecule has 5 rings (SSSR count). The van der Waals surface area contributed by atoms with Gasteiger partial charge in [0.15, 0.2) is 11.5 Å². The minimum Gasteiger partial charge on any atom is -0.368 e. The van der Waals surface area contributed by atoms with Gasteiger partial charge in [-0.1, -0.05) is 54.6 Å². The van der Waals surface area contributed by atoms with Crippen molar-refractivity contribution in [3.8, 4) is 0 Å². The second-order valence-electron chi connectivity index (χ2n) is 8.36. The van der Waals surface area contributed by atoms with Gasteiger partial charge >= 0.3 is 0 Å². The smallest absolute Gasteiger partial charge is 0.272 e. The number of nitrogens with zero attached hydrogens (tertiary/aromatic N) is 4. The topological polar surface area (TPSA) is 61.4 Å². The first-order valence-corrected chi connectivity index (χ1v) is 11.5. The largest absolute Gasteiger partial charge is 0.368 e. The predicted octanol–water partition coefficient (Wildman–Crippen LogP) is 4.07. The summed E-state index contributed by atoms with van der Waals surface area (Å²) in [6, 6.07) is 24.5. The number of piperazine rings is 1. The lowest BCUT2D eigenvalue weighted by atomic mass is 10.1. The van der Waals surface area contributed by atoms with E-state index >= 15 is 0 Å². The normalized spacial score (nSPS) is 13.8. The van der Waals surface area contributed by atoms with Crippen molar-refractivity contribution in [3.05, 3.63) is 95.9 Å². The maximum absolute atomic E-state index is 13.3. The van der Waals surface area contributed by atoms with E-state index in [-0.39, 0.29) is 11.7 Å². The highest BCUT2D eigenvalue weighted by molar-refractivity contribution is 6.07. The van der Waals surface area contributed by atoms with Crippen LogP contribution >= 0.6 is 0 Å². The standard InChI is InChI=1S/C27H26FN5O/c28-21-10-12-22(13-11-21)32-16-18-33(19-17-32)26-24-9-5-4-8-23(24)25(30-31-26)27(34)29-15-14-20-6-2-1-3-7-20/h1-13H,14-19H2,(H,29,34). The van der Waals surface area contributed by atoms with Gasteiger partial charge in [0.25, 0.3) is 5.91 Å². The quantitative estimate of drug-likeness (QED) is 0.475. The van der Waals surface area contributed by atoms with Gasteiger partial charge in [0.1, 0.15) is 5.82 Å². The molecule has 1 fully saturated rings. The van der Waals surface area contributed by atoms with Gasteiger partial charge in [0.05, 0.1) is 0 Å². The minimum atomic E-state index is -0.228. The fourth-order valence-electron chi connectivity index (χ4n) is 4.37. The third-order valence-electron chi connectivity index (χ3n) is 6.20. The average molecular weight is 456 g/mol.